The van der Waals surface area contributed by atoms with Gasteiger partial charge in [-0.25, -0.2) is 4.39 Å². The Bertz CT molecular complexity index is 612. The minimum Gasteiger partial charge on any atom is -0.381 e. The van der Waals surface area contributed by atoms with Gasteiger partial charge in [-0.3, -0.25) is 4.79 Å². The lowest BCUT2D eigenvalue weighted by Crippen LogP contribution is -2.60. The number of piperidine rings is 1. The molecule has 2 heterocycles. The first-order valence-electron chi connectivity index (χ1n) is 8.67. The van der Waals surface area contributed by atoms with Gasteiger partial charge < -0.3 is 20.7 Å². The van der Waals surface area contributed by atoms with Crippen molar-refractivity contribution in [1.82, 2.24) is 5.32 Å². The van der Waals surface area contributed by atoms with E-state index in [2.05, 4.69) is 10.2 Å². The second-order valence-corrected chi connectivity index (χ2v) is 6.96. The number of carbonyl (C=O) groups excluding carboxylic acids is 1. The molecule has 1 unspecified atom stereocenters. The molecular weight excluding hydrogens is 380 g/mol. The van der Waals surface area contributed by atoms with Gasteiger partial charge in [-0.15, -0.1) is 24.8 Å². The minimum atomic E-state index is -0.813. The molecule has 2 aliphatic rings. The largest absolute Gasteiger partial charge is 0.381 e. The molecule has 1 amide bonds. The summed E-state index contributed by atoms with van der Waals surface area (Å²) in [6.07, 6.45) is 3.05. The summed E-state index contributed by atoms with van der Waals surface area (Å²) in [5, 5.41) is 3.12. The van der Waals surface area contributed by atoms with Crippen LogP contribution in [0.4, 0.5) is 10.1 Å². The van der Waals surface area contributed by atoms with E-state index in [9.17, 15) is 9.18 Å². The summed E-state index contributed by atoms with van der Waals surface area (Å²) in [5.41, 5.74) is 7.40. The van der Waals surface area contributed by atoms with Gasteiger partial charge in [0.05, 0.1) is 5.54 Å². The van der Waals surface area contributed by atoms with Gasteiger partial charge in [-0.05, 0) is 56.4 Å². The fourth-order valence-electron chi connectivity index (χ4n) is 3.58. The molecule has 8 heteroatoms. The number of hydrogen-bond donors (Lipinski definition) is 2. The van der Waals surface area contributed by atoms with Crippen LogP contribution in [0.2, 0.25) is 0 Å². The summed E-state index contributed by atoms with van der Waals surface area (Å²) < 4.78 is 18.6. The molecule has 2 fully saturated rings. The topological polar surface area (TPSA) is 67.6 Å². The zero-order valence-electron chi connectivity index (χ0n) is 15.0. The van der Waals surface area contributed by atoms with Crippen LogP contribution in [0.1, 0.15) is 31.2 Å². The quantitative estimate of drug-likeness (QED) is 0.807. The third kappa shape index (κ3) is 5.22. The monoisotopic (exact) mass is 407 g/mol. The van der Waals surface area contributed by atoms with Crippen LogP contribution in [0.15, 0.2) is 18.2 Å². The molecule has 2 saturated heterocycles. The highest BCUT2D eigenvalue weighted by atomic mass is 35.5. The van der Waals surface area contributed by atoms with Crippen LogP contribution in [-0.4, -0.2) is 43.8 Å². The van der Waals surface area contributed by atoms with Crippen LogP contribution in [-0.2, 0) is 9.53 Å². The smallest absolute Gasteiger partial charge is 0.240 e. The van der Waals surface area contributed by atoms with Gasteiger partial charge in [0, 0.05) is 38.0 Å². The van der Waals surface area contributed by atoms with Crippen molar-refractivity contribution < 1.29 is 13.9 Å². The van der Waals surface area contributed by atoms with Crippen molar-refractivity contribution in [1.29, 1.82) is 0 Å². The Balaban J connectivity index is 0.00000169. The second-order valence-electron chi connectivity index (χ2n) is 6.96. The predicted octanol–water partition coefficient (Wildman–Crippen LogP) is 2.57. The molecule has 0 aromatic heterocycles. The zero-order chi connectivity index (χ0) is 17.2. The van der Waals surface area contributed by atoms with Crippen molar-refractivity contribution in [3.05, 3.63) is 29.6 Å². The maximum Gasteiger partial charge on any atom is 0.240 e. The fraction of sp³-hybridized carbons (Fsp3) is 0.611. The molecule has 3 N–H and O–H groups in total. The van der Waals surface area contributed by atoms with Crippen LogP contribution in [0, 0.1) is 12.7 Å². The van der Waals surface area contributed by atoms with Crippen molar-refractivity contribution in [2.45, 2.75) is 44.2 Å². The van der Waals surface area contributed by atoms with Crippen molar-refractivity contribution in [3.63, 3.8) is 0 Å². The maximum absolute atomic E-state index is 13.3. The van der Waals surface area contributed by atoms with Gasteiger partial charge in [0.1, 0.15) is 5.82 Å². The first-order valence-corrected chi connectivity index (χ1v) is 8.67. The number of aryl methyl sites for hydroxylation is 1. The molecule has 0 spiro atoms. The maximum atomic E-state index is 13.3. The van der Waals surface area contributed by atoms with Gasteiger partial charge in [0.15, 0.2) is 0 Å². The Morgan fingerprint density at radius 2 is 2.04 bits per heavy atom. The first-order chi connectivity index (χ1) is 11.5. The Kier molecular flexibility index (Phi) is 8.60. The van der Waals surface area contributed by atoms with Crippen molar-refractivity contribution >= 4 is 36.4 Å². The van der Waals surface area contributed by atoms with Crippen molar-refractivity contribution in [3.8, 4) is 0 Å². The van der Waals surface area contributed by atoms with Crippen LogP contribution in [0.3, 0.4) is 0 Å². The average Bonchev–Trinajstić information content (AvgIpc) is 2.56. The van der Waals surface area contributed by atoms with Crippen LogP contribution >= 0.6 is 24.8 Å². The molecule has 2 aliphatic heterocycles. The summed E-state index contributed by atoms with van der Waals surface area (Å²) in [6, 6.07) is 4.92. The minimum absolute atomic E-state index is 0. The average molecular weight is 408 g/mol. The summed E-state index contributed by atoms with van der Waals surface area (Å²) in [6.45, 7) is 4.63. The molecule has 148 valence electrons. The third-order valence-electron chi connectivity index (χ3n) is 5.09. The van der Waals surface area contributed by atoms with Gasteiger partial charge >= 0.3 is 0 Å². The Morgan fingerprint density at radius 3 is 2.69 bits per heavy atom. The van der Waals surface area contributed by atoms with E-state index in [4.69, 9.17) is 10.5 Å². The SMILES string of the molecule is Cc1cc(F)ccc1N1CCCC(NC(=O)C2(N)CCOCC2)C1.Cl.Cl. The van der Waals surface area contributed by atoms with Crippen molar-refractivity contribution in [2.75, 3.05) is 31.2 Å². The van der Waals surface area contributed by atoms with Crippen LogP contribution in [0.5, 0.6) is 0 Å². The molecule has 26 heavy (non-hydrogen) atoms. The van der Waals surface area contributed by atoms with E-state index >= 15 is 0 Å². The highest BCUT2D eigenvalue weighted by molar-refractivity contribution is 5.86. The summed E-state index contributed by atoms with van der Waals surface area (Å²) in [5.74, 6) is -0.295. The molecule has 0 aliphatic carbocycles. The van der Waals surface area contributed by atoms with E-state index < -0.39 is 5.54 Å². The molecule has 5 nitrogen and oxygen atoms in total. The first kappa shape index (κ1) is 23.0. The standard InChI is InChI=1S/C18H26FN3O2.2ClH/c1-13-11-14(19)4-5-16(13)22-8-2-3-15(12-22)21-17(23)18(20)6-9-24-10-7-18;;/h4-5,11,15H,2-3,6-10,12,20H2,1H3,(H,21,23);2*1H. The number of nitrogens with zero attached hydrogens (tertiary/aromatic N) is 1. The van der Waals surface area contributed by atoms with E-state index in [-0.39, 0.29) is 42.6 Å². The molecular formula is C18H28Cl2FN3O2. The molecule has 0 bridgehead atoms. The lowest BCUT2D eigenvalue weighted by Gasteiger charge is -2.38. The Labute approximate surface area is 166 Å². The molecule has 0 radical (unpaired) electrons. The van der Waals surface area contributed by atoms with E-state index in [1.54, 1.807) is 6.07 Å². The fourth-order valence-corrected chi connectivity index (χ4v) is 3.58. The van der Waals surface area contributed by atoms with E-state index in [0.717, 1.165) is 37.2 Å². The predicted molar refractivity (Wildman–Crippen MR) is 106 cm³/mol. The highest BCUT2D eigenvalue weighted by Gasteiger charge is 2.37. The second kappa shape index (κ2) is 9.74. The number of hydrogen-bond acceptors (Lipinski definition) is 4. The van der Waals surface area contributed by atoms with E-state index in [0.29, 0.717) is 26.1 Å². The Morgan fingerprint density at radius 1 is 1.35 bits per heavy atom. The van der Waals surface area contributed by atoms with Gasteiger partial charge in [0.2, 0.25) is 5.91 Å². The summed E-state index contributed by atoms with van der Waals surface area (Å²) >= 11 is 0. The molecule has 1 aromatic carbocycles. The lowest BCUT2D eigenvalue weighted by atomic mass is 9.89. The number of amides is 1. The number of rotatable bonds is 3. The molecule has 1 atom stereocenters. The zero-order valence-corrected chi connectivity index (χ0v) is 16.6. The van der Waals surface area contributed by atoms with Crippen LogP contribution in [0.25, 0.3) is 0 Å². The van der Waals surface area contributed by atoms with E-state index in [1.165, 1.54) is 6.07 Å². The number of nitrogens with one attached hydrogen (secondary N) is 1. The van der Waals surface area contributed by atoms with E-state index in [1.807, 2.05) is 13.0 Å². The Hall–Kier alpha value is -1.08. The van der Waals surface area contributed by atoms with Crippen molar-refractivity contribution in [2.24, 2.45) is 5.73 Å². The highest BCUT2D eigenvalue weighted by Crippen LogP contribution is 2.25. The number of halogens is 3. The lowest BCUT2D eigenvalue weighted by molar-refractivity contribution is -0.130. The number of ether oxygens (including phenoxy) is 1. The van der Waals surface area contributed by atoms with Crippen LogP contribution < -0.4 is 16.0 Å². The number of benzene rings is 1. The third-order valence-corrected chi connectivity index (χ3v) is 5.09. The number of anilines is 1. The number of nitrogens with two attached hydrogens (primary N) is 1. The molecule has 0 saturated carbocycles. The van der Waals surface area contributed by atoms with Gasteiger partial charge in [-0.1, -0.05) is 0 Å². The molecule has 1 aromatic rings. The number of carbonyl (C=O) groups is 1. The van der Waals surface area contributed by atoms with Gasteiger partial charge in [-0.2, -0.15) is 0 Å². The molecule has 3 rings (SSSR count). The normalized spacial score (nSPS) is 22.0. The summed E-state index contributed by atoms with van der Waals surface area (Å²) in [4.78, 5) is 14.8. The van der Waals surface area contributed by atoms with Gasteiger partial charge in [0.25, 0.3) is 0 Å². The summed E-state index contributed by atoms with van der Waals surface area (Å²) in [7, 11) is 0.